The molecule has 0 unspecified atom stereocenters. The van der Waals surface area contributed by atoms with Gasteiger partial charge in [0.25, 0.3) is 0 Å². The minimum atomic E-state index is -0.348. The lowest BCUT2D eigenvalue weighted by molar-refractivity contribution is -0.128. The van der Waals surface area contributed by atoms with Gasteiger partial charge in [0.15, 0.2) is 0 Å². The average Bonchev–Trinajstić information content (AvgIpc) is 2.15. The van der Waals surface area contributed by atoms with E-state index in [4.69, 9.17) is 4.74 Å². The predicted molar refractivity (Wildman–Crippen MR) is 72.3 cm³/mol. The van der Waals surface area contributed by atoms with Crippen molar-refractivity contribution in [3.05, 3.63) is 0 Å². The van der Waals surface area contributed by atoms with Gasteiger partial charge in [0.05, 0.1) is 12.2 Å². The lowest BCUT2D eigenvalue weighted by Crippen LogP contribution is -2.35. The van der Waals surface area contributed by atoms with Crippen LogP contribution >= 0.6 is 0 Å². The fraction of sp³-hybridized carbons (Fsp3) is 0.929. The molecule has 17 heavy (non-hydrogen) atoms. The number of carbonyl (C=O) groups is 1. The number of ketones is 1. The van der Waals surface area contributed by atoms with Crippen LogP contribution in [0.15, 0.2) is 0 Å². The van der Waals surface area contributed by atoms with Crippen LogP contribution in [0.3, 0.4) is 0 Å². The monoisotopic (exact) mass is 243 g/mol. The van der Waals surface area contributed by atoms with E-state index >= 15 is 0 Å². The molecule has 102 valence electrons. The number of likely N-dealkylation sites (N-methyl/N-ethyl adjacent to an activating group) is 1. The Morgan fingerprint density at radius 1 is 1.24 bits per heavy atom. The first-order valence-electron chi connectivity index (χ1n) is 6.52. The van der Waals surface area contributed by atoms with Crippen LogP contribution in [0.1, 0.15) is 48.0 Å². The van der Waals surface area contributed by atoms with E-state index in [1.165, 1.54) is 0 Å². The van der Waals surface area contributed by atoms with Gasteiger partial charge in [-0.2, -0.15) is 0 Å². The normalized spacial score (nSPS) is 12.8. The molecule has 0 fully saturated rings. The highest BCUT2D eigenvalue weighted by molar-refractivity contribution is 5.81. The first kappa shape index (κ1) is 16.6. The van der Waals surface area contributed by atoms with Gasteiger partial charge in [-0.05, 0) is 34.7 Å². The van der Waals surface area contributed by atoms with Crippen LogP contribution in [0.25, 0.3) is 0 Å². The number of hydrogen-bond acceptors (Lipinski definition) is 3. The highest BCUT2D eigenvalue weighted by Crippen LogP contribution is 2.17. The van der Waals surface area contributed by atoms with Gasteiger partial charge in [-0.1, -0.05) is 13.8 Å². The van der Waals surface area contributed by atoms with E-state index in [1.54, 1.807) is 0 Å². The maximum atomic E-state index is 11.7. The van der Waals surface area contributed by atoms with E-state index in [2.05, 4.69) is 25.8 Å². The molecule has 0 saturated carbocycles. The first-order valence-corrected chi connectivity index (χ1v) is 6.52. The third-order valence-electron chi connectivity index (χ3n) is 3.06. The molecular formula is C14H29NO2. The van der Waals surface area contributed by atoms with Crippen LogP contribution in [-0.4, -0.2) is 42.5 Å². The Hall–Kier alpha value is -0.410. The van der Waals surface area contributed by atoms with Gasteiger partial charge in [-0.25, -0.2) is 0 Å². The second-order valence-electron chi connectivity index (χ2n) is 5.98. The van der Waals surface area contributed by atoms with Crippen molar-refractivity contribution in [2.75, 3.05) is 20.2 Å². The summed E-state index contributed by atoms with van der Waals surface area (Å²) in [5.74, 6) is 0.364. The Labute approximate surface area is 107 Å². The highest BCUT2D eigenvalue weighted by atomic mass is 16.5. The second kappa shape index (κ2) is 7.12. The number of Topliss-reactive ketones (excluding diaryl/α,β-unsaturated/α-hetero) is 1. The summed E-state index contributed by atoms with van der Waals surface area (Å²) in [4.78, 5) is 13.9. The molecule has 0 aliphatic heterocycles. The van der Waals surface area contributed by atoms with Crippen molar-refractivity contribution in [3.8, 4) is 0 Å². The molecular weight excluding hydrogens is 214 g/mol. The molecule has 3 heteroatoms. The summed E-state index contributed by atoms with van der Waals surface area (Å²) in [6.07, 6.45) is 0.496. The Balaban J connectivity index is 3.97. The fourth-order valence-corrected chi connectivity index (χ4v) is 1.40. The van der Waals surface area contributed by atoms with Gasteiger partial charge in [-0.15, -0.1) is 0 Å². The number of rotatable bonds is 8. The molecule has 0 aromatic carbocycles. The van der Waals surface area contributed by atoms with Crippen molar-refractivity contribution in [1.82, 2.24) is 4.90 Å². The fourth-order valence-electron chi connectivity index (χ4n) is 1.40. The second-order valence-corrected chi connectivity index (χ2v) is 5.98. The van der Waals surface area contributed by atoms with Gasteiger partial charge in [0.1, 0.15) is 5.78 Å². The van der Waals surface area contributed by atoms with Crippen molar-refractivity contribution in [2.45, 2.75) is 59.6 Å². The highest BCUT2D eigenvalue weighted by Gasteiger charge is 2.24. The van der Waals surface area contributed by atoms with Crippen LogP contribution < -0.4 is 0 Å². The summed E-state index contributed by atoms with van der Waals surface area (Å²) < 4.78 is 5.81. The Bertz CT molecular complexity index is 234. The molecule has 0 atom stereocenters. The van der Waals surface area contributed by atoms with Gasteiger partial charge >= 0.3 is 0 Å². The van der Waals surface area contributed by atoms with Crippen molar-refractivity contribution >= 4 is 5.78 Å². The van der Waals surface area contributed by atoms with Crippen molar-refractivity contribution in [1.29, 1.82) is 0 Å². The molecule has 0 saturated heterocycles. The van der Waals surface area contributed by atoms with E-state index in [-0.39, 0.29) is 17.3 Å². The number of carbonyl (C=O) groups excluding carboxylic acids is 1. The average molecular weight is 243 g/mol. The van der Waals surface area contributed by atoms with Crippen molar-refractivity contribution in [2.24, 2.45) is 5.92 Å². The molecule has 0 spiro atoms. The zero-order chi connectivity index (χ0) is 13.6. The standard InChI is InChI=1S/C14H29NO2/c1-11(2)13(16)10-14(5,6)17-9-8-15(7)12(3)4/h11-12H,8-10H2,1-7H3. The first-order chi connectivity index (χ1) is 7.65. The van der Waals surface area contributed by atoms with Gasteiger partial charge in [0.2, 0.25) is 0 Å². The summed E-state index contributed by atoms with van der Waals surface area (Å²) in [6, 6.07) is 0.527. The molecule has 0 heterocycles. The zero-order valence-corrected chi connectivity index (χ0v) is 12.5. The lowest BCUT2D eigenvalue weighted by Gasteiger charge is -2.28. The third-order valence-corrected chi connectivity index (χ3v) is 3.06. The molecule has 0 aromatic rings. The minimum Gasteiger partial charge on any atom is -0.374 e. The topological polar surface area (TPSA) is 29.5 Å². The molecule has 3 nitrogen and oxygen atoms in total. The minimum absolute atomic E-state index is 0.0937. The SMILES string of the molecule is CC(C)C(=O)CC(C)(C)OCCN(C)C(C)C. The van der Waals surface area contributed by atoms with Crippen molar-refractivity contribution < 1.29 is 9.53 Å². The molecule has 0 radical (unpaired) electrons. The van der Waals surface area contributed by atoms with Crippen LogP contribution in [-0.2, 0) is 9.53 Å². The molecule has 0 N–H and O–H groups in total. The largest absolute Gasteiger partial charge is 0.374 e. The Kier molecular flexibility index (Phi) is 6.95. The Morgan fingerprint density at radius 2 is 1.76 bits per heavy atom. The van der Waals surface area contributed by atoms with Gasteiger partial charge < -0.3 is 9.64 Å². The maximum absolute atomic E-state index is 11.7. The molecule has 0 aliphatic rings. The van der Waals surface area contributed by atoms with Crippen molar-refractivity contribution in [3.63, 3.8) is 0 Å². The molecule has 0 amide bonds. The Morgan fingerprint density at radius 3 is 2.18 bits per heavy atom. The smallest absolute Gasteiger partial charge is 0.138 e. The van der Waals surface area contributed by atoms with E-state index < -0.39 is 0 Å². The molecule has 0 aliphatic carbocycles. The van der Waals surface area contributed by atoms with Crippen LogP contribution in [0.4, 0.5) is 0 Å². The van der Waals surface area contributed by atoms with E-state index in [9.17, 15) is 4.79 Å². The number of nitrogens with zero attached hydrogens (tertiary/aromatic N) is 1. The van der Waals surface area contributed by atoms with Crippen LogP contribution in [0, 0.1) is 5.92 Å². The quantitative estimate of drug-likeness (QED) is 0.656. The summed E-state index contributed by atoms with van der Waals surface area (Å²) >= 11 is 0. The van der Waals surface area contributed by atoms with Crippen LogP contribution in [0.2, 0.25) is 0 Å². The van der Waals surface area contributed by atoms with Crippen LogP contribution in [0.5, 0.6) is 0 Å². The summed E-state index contributed by atoms with van der Waals surface area (Å²) in [5.41, 5.74) is -0.348. The zero-order valence-electron chi connectivity index (χ0n) is 12.5. The molecule has 0 rings (SSSR count). The van der Waals surface area contributed by atoms with E-state index in [0.717, 1.165) is 6.54 Å². The van der Waals surface area contributed by atoms with Gasteiger partial charge in [0, 0.05) is 24.9 Å². The molecule has 0 aromatic heterocycles. The third kappa shape index (κ3) is 7.50. The van der Waals surface area contributed by atoms with E-state index in [1.807, 2.05) is 27.7 Å². The molecule has 0 bridgehead atoms. The lowest BCUT2D eigenvalue weighted by atomic mass is 9.95. The summed E-state index contributed by atoms with van der Waals surface area (Å²) in [7, 11) is 2.08. The number of hydrogen-bond donors (Lipinski definition) is 0. The summed E-state index contributed by atoms with van der Waals surface area (Å²) in [6.45, 7) is 13.7. The maximum Gasteiger partial charge on any atom is 0.138 e. The van der Waals surface area contributed by atoms with E-state index in [0.29, 0.717) is 19.1 Å². The van der Waals surface area contributed by atoms with Gasteiger partial charge in [-0.3, -0.25) is 4.79 Å². The summed E-state index contributed by atoms with van der Waals surface area (Å²) in [5, 5.41) is 0. The number of ether oxygens (including phenoxy) is 1. The predicted octanol–water partition coefficient (Wildman–Crippen LogP) is 2.74.